The molecule has 0 spiro atoms. The predicted octanol–water partition coefficient (Wildman–Crippen LogP) is 26.3. The van der Waals surface area contributed by atoms with E-state index in [4.69, 9.17) is 37.0 Å². The number of rotatable bonds is 84. The molecule has 0 fully saturated rings. The molecule has 0 aliphatic rings. The fraction of sp³-hybridized carbons (Fsp3) is 0.954. The van der Waals surface area contributed by atoms with Crippen LogP contribution in [0.25, 0.3) is 0 Å². The molecule has 0 aromatic rings. The Morgan fingerprint density at radius 3 is 0.670 bits per heavy atom. The Balaban J connectivity index is 5.25. The largest absolute Gasteiger partial charge is 0.472 e. The van der Waals surface area contributed by atoms with E-state index < -0.39 is 97.5 Å². The molecule has 17 nitrogen and oxygen atoms in total. The lowest BCUT2D eigenvalue weighted by Gasteiger charge is -2.21. The normalized spacial score (nSPS) is 14.2. The quantitative estimate of drug-likeness (QED) is 0.0222. The minimum atomic E-state index is -4.97. The van der Waals surface area contributed by atoms with Gasteiger partial charge in [-0.3, -0.25) is 37.3 Å². The first kappa shape index (κ1) is 104. The fourth-order valence-electron chi connectivity index (χ4n) is 13.5. The Labute approximate surface area is 651 Å². The van der Waals surface area contributed by atoms with Crippen LogP contribution in [-0.2, 0) is 65.4 Å². The van der Waals surface area contributed by atoms with E-state index in [1.165, 1.54) is 257 Å². The molecule has 0 aliphatic heterocycles. The number of esters is 4. The van der Waals surface area contributed by atoms with E-state index in [1.807, 2.05) is 0 Å². The molecule has 0 saturated carbocycles. The smallest absolute Gasteiger partial charge is 0.462 e. The van der Waals surface area contributed by atoms with Crippen LogP contribution in [0.15, 0.2) is 0 Å². The standard InChI is InChI=1S/C87H170O17P2/c1-9-80(8)66-58-50-42-37-38-44-52-60-68-85(90)98-74-83(104-87(92)70-62-54-46-36-30-24-27-33-41-49-57-65-79(6)7)76-102-106(95,96)100-72-81(88)71-99-105(93,94)101-75-82(73-97-84(89)67-59-51-43-34-28-22-18-15-14-17-21-26-32-40-48-56-64-78(4)5)103-86(91)69-61-53-45-35-29-23-19-13-11-10-12-16-20-25-31-39-47-55-63-77(2)3/h77-83,88H,9-76H2,1-8H3,(H,93,94)(H,95,96)/t80?,81-,82-,83-/m1/s1. The van der Waals surface area contributed by atoms with Crippen LogP contribution in [0.2, 0.25) is 0 Å². The third-order valence-electron chi connectivity index (χ3n) is 20.7. The molecule has 0 saturated heterocycles. The van der Waals surface area contributed by atoms with Gasteiger partial charge in [-0.1, -0.05) is 402 Å². The van der Waals surface area contributed by atoms with Crippen molar-refractivity contribution in [1.82, 2.24) is 0 Å². The molecule has 6 atom stereocenters. The highest BCUT2D eigenvalue weighted by atomic mass is 31.2. The van der Waals surface area contributed by atoms with Crippen molar-refractivity contribution in [1.29, 1.82) is 0 Å². The van der Waals surface area contributed by atoms with Crippen molar-refractivity contribution >= 4 is 39.5 Å². The summed E-state index contributed by atoms with van der Waals surface area (Å²) in [6, 6.07) is 0. The molecular formula is C87H170O17P2. The number of phosphoric acid groups is 2. The van der Waals surface area contributed by atoms with Crippen LogP contribution in [0.3, 0.4) is 0 Å². The molecule has 0 aromatic heterocycles. The topological polar surface area (TPSA) is 237 Å². The second kappa shape index (κ2) is 75.7. The van der Waals surface area contributed by atoms with E-state index in [9.17, 15) is 43.2 Å². The number of carbonyl (C=O) groups excluding carboxylic acids is 4. The van der Waals surface area contributed by atoms with Crippen LogP contribution in [0.4, 0.5) is 0 Å². The average Bonchev–Trinajstić information content (AvgIpc) is 0.904. The van der Waals surface area contributed by atoms with Crippen LogP contribution in [0.1, 0.15) is 453 Å². The fourth-order valence-corrected chi connectivity index (χ4v) is 15.0. The summed E-state index contributed by atoms with van der Waals surface area (Å²) in [6.07, 6.45) is 65.2. The Bertz CT molecular complexity index is 2060. The maximum absolute atomic E-state index is 13.2. The van der Waals surface area contributed by atoms with Crippen molar-refractivity contribution in [3.05, 3.63) is 0 Å². The summed E-state index contributed by atoms with van der Waals surface area (Å²) in [6.45, 7) is 14.4. The summed E-state index contributed by atoms with van der Waals surface area (Å²) >= 11 is 0. The van der Waals surface area contributed by atoms with Crippen molar-refractivity contribution in [2.75, 3.05) is 39.6 Å². The van der Waals surface area contributed by atoms with E-state index in [-0.39, 0.29) is 25.7 Å². The first-order valence-electron chi connectivity index (χ1n) is 44.7. The lowest BCUT2D eigenvalue weighted by Crippen LogP contribution is -2.30. The molecule has 630 valence electrons. The number of ether oxygens (including phenoxy) is 4. The number of aliphatic hydroxyl groups excluding tert-OH is 1. The van der Waals surface area contributed by atoms with Gasteiger partial charge in [-0.05, 0) is 49.4 Å². The molecule has 0 aliphatic carbocycles. The highest BCUT2D eigenvalue weighted by Crippen LogP contribution is 2.45. The Morgan fingerprint density at radius 1 is 0.264 bits per heavy atom. The van der Waals surface area contributed by atoms with Gasteiger partial charge in [0.15, 0.2) is 12.2 Å². The average molecular weight is 1550 g/mol. The van der Waals surface area contributed by atoms with Gasteiger partial charge in [0.1, 0.15) is 19.3 Å². The summed E-state index contributed by atoms with van der Waals surface area (Å²) in [5.74, 6) is 1.07. The number of hydrogen-bond donors (Lipinski definition) is 3. The van der Waals surface area contributed by atoms with Crippen molar-refractivity contribution in [2.45, 2.75) is 472 Å². The number of unbranched alkanes of at least 4 members (excludes halogenated alkanes) is 49. The van der Waals surface area contributed by atoms with Gasteiger partial charge in [0.25, 0.3) is 0 Å². The molecule has 0 radical (unpaired) electrons. The number of phosphoric ester groups is 2. The van der Waals surface area contributed by atoms with Gasteiger partial charge < -0.3 is 33.8 Å². The maximum Gasteiger partial charge on any atom is 0.472 e. The number of aliphatic hydroxyl groups is 1. The van der Waals surface area contributed by atoms with E-state index >= 15 is 0 Å². The van der Waals surface area contributed by atoms with E-state index in [0.29, 0.717) is 25.7 Å². The zero-order chi connectivity index (χ0) is 78.1. The third-order valence-corrected chi connectivity index (χ3v) is 22.6. The minimum absolute atomic E-state index is 0.106. The third kappa shape index (κ3) is 78.7. The van der Waals surface area contributed by atoms with E-state index in [0.717, 1.165) is 114 Å². The highest BCUT2D eigenvalue weighted by Gasteiger charge is 2.31. The van der Waals surface area contributed by atoms with Crippen LogP contribution in [0, 0.1) is 23.7 Å². The lowest BCUT2D eigenvalue weighted by atomic mass is 9.99. The highest BCUT2D eigenvalue weighted by molar-refractivity contribution is 7.47. The van der Waals surface area contributed by atoms with Crippen LogP contribution in [0.5, 0.6) is 0 Å². The Kier molecular flexibility index (Phi) is 74.3. The molecule has 106 heavy (non-hydrogen) atoms. The molecular weight excluding hydrogens is 1380 g/mol. The van der Waals surface area contributed by atoms with Gasteiger partial charge in [-0.15, -0.1) is 0 Å². The molecule has 0 rings (SSSR count). The van der Waals surface area contributed by atoms with Gasteiger partial charge in [0, 0.05) is 25.7 Å². The van der Waals surface area contributed by atoms with Crippen molar-refractivity contribution in [3.63, 3.8) is 0 Å². The summed E-state index contributed by atoms with van der Waals surface area (Å²) in [7, 11) is -9.93. The molecule has 0 amide bonds. The van der Waals surface area contributed by atoms with Gasteiger partial charge in [0.2, 0.25) is 0 Å². The first-order valence-corrected chi connectivity index (χ1v) is 47.7. The summed E-state index contributed by atoms with van der Waals surface area (Å²) in [4.78, 5) is 73.3. The summed E-state index contributed by atoms with van der Waals surface area (Å²) in [5.41, 5.74) is 0. The second-order valence-corrected chi connectivity index (χ2v) is 35.9. The van der Waals surface area contributed by atoms with Crippen LogP contribution in [-0.4, -0.2) is 96.7 Å². The summed E-state index contributed by atoms with van der Waals surface area (Å²) < 4.78 is 68.9. The lowest BCUT2D eigenvalue weighted by molar-refractivity contribution is -0.161. The molecule has 3 N–H and O–H groups in total. The molecule has 0 bridgehead atoms. The first-order chi connectivity index (χ1) is 51.1. The molecule has 19 heteroatoms. The van der Waals surface area contributed by atoms with Gasteiger partial charge >= 0.3 is 39.5 Å². The van der Waals surface area contributed by atoms with Gasteiger partial charge in [-0.2, -0.15) is 0 Å². The van der Waals surface area contributed by atoms with E-state index in [2.05, 4.69) is 55.4 Å². The van der Waals surface area contributed by atoms with Crippen LogP contribution >= 0.6 is 15.6 Å². The Morgan fingerprint density at radius 2 is 0.453 bits per heavy atom. The van der Waals surface area contributed by atoms with Gasteiger partial charge in [0.05, 0.1) is 26.4 Å². The predicted molar refractivity (Wildman–Crippen MR) is 437 cm³/mol. The van der Waals surface area contributed by atoms with Crippen molar-refractivity contribution in [3.8, 4) is 0 Å². The zero-order valence-electron chi connectivity index (χ0n) is 70.1. The zero-order valence-corrected chi connectivity index (χ0v) is 71.9. The number of carbonyl (C=O) groups is 4. The molecule has 0 heterocycles. The monoisotopic (exact) mass is 1550 g/mol. The van der Waals surface area contributed by atoms with E-state index in [1.54, 1.807) is 0 Å². The van der Waals surface area contributed by atoms with Gasteiger partial charge in [-0.25, -0.2) is 9.13 Å². The van der Waals surface area contributed by atoms with Crippen LogP contribution < -0.4 is 0 Å². The summed E-state index contributed by atoms with van der Waals surface area (Å²) in [5, 5.41) is 10.7. The SMILES string of the molecule is CCC(C)CCCCCCCCCCC(=O)OC[C@H](COP(=O)(O)OC[C@H](O)COP(=O)(O)OC[C@@H](COC(=O)CCCCCCCCCCCCCCCCCCC(C)C)OC(=O)CCCCCCCCCCCCCCCCCCCCC(C)C)OC(=O)CCCCCCCCCCCCCC(C)C. The van der Waals surface area contributed by atoms with Crippen molar-refractivity contribution < 1.29 is 80.2 Å². The minimum Gasteiger partial charge on any atom is -0.462 e. The second-order valence-electron chi connectivity index (χ2n) is 33.0. The Hall–Kier alpha value is -1.94. The number of hydrogen-bond acceptors (Lipinski definition) is 15. The molecule has 3 unspecified atom stereocenters. The molecule has 0 aromatic carbocycles. The maximum atomic E-state index is 13.2. The van der Waals surface area contributed by atoms with Crippen molar-refractivity contribution in [2.24, 2.45) is 23.7 Å².